The van der Waals surface area contributed by atoms with Crippen LogP contribution in [-0.4, -0.2) is 31.6 Å². The Balaban J connectivity index is 1.75. The van der Waals surface area contributed by atoms with Crippen molar-refractivity contribution in [1.82, 2.24) is 4.31 Å². The van der Waals surface area contributed by atoms with Gasteiger partial charge in [-0.05, 0) is 60.9 Å². The summed E-state index contributed by atoms with van der Waals surface area (Å²) in [4.78, 5) is 12.6. The minimum Gasteiger partial charge on any atom is -0.289 e. The van der Waals surface area contributed by atoms with Crippen LogP contribution in [0.1, 0.15) is 41.6 Å². The molecule has 1 aliphatic rings. The number of ketones is 1. The number of hydrogen-bond donors (Lipinski definition) is 0. The van der Waals surface area contributed by atoms with E-state index in [1.807, 2.05) is 0 Å². The number of rotatable bonds is 5. The van der Waals surface area contributed by atoms with Crippen molar-refractivity contribution in [3.63, 3.8) is 0 Å². The van der Waals surface area contributed by atoms with Crippen molar-refractivity contribution in [2.45, 2.75) is 30.6 Å². The molecule has 2 aromatic rings. The predicted octanol–water partition coefficient (Wildman–Crippen LogP) is 5.45. The number of nitrogens with zero attached hydrogens (tertiary/aromatic N) is 1. The normalized spacial score (nSPS) is 16.2. The Morgan fingerprint density at radius 2 is 1.57 bits per heavy atom. The Kier molecular flexibility index (Phi) is 6.94. The van der Waals surface area contributed by atoms with Crippen LogP contribution < -0.4 is 0 Å². The number of sulfonamides is 1. The summed E-state index contributed by atoms with van der Waals surface area (Å²) in [5.74, 6) is -0.241. The Labute approximate surface area is 175 Å². The molecule has 3 rings (SSSR count). The Morgan fingerprint density at radius 3 is 2.21 bits per heavy atom. The van der Waals surface area contributed by atoms with Crippen molar-refractivity contribution in [3.05, 3.63) is 69.7 Å². The number of halogens is 2. The fourth-order valence-electron chi connectivity index (χ4n) is 3.13. The smallest absolute Gasteiger partial charge is 0.243 e. The summed E-state index contributed by atoms with van der Waals surface area (Å²) in [5.41, 5.74) is 1.05. The van der Waals surface area contributed by atoms with E-state index in [9.17, 15) is 13.2 Å². The molecule has 0 unspecified atom stereocenters. The summed E-state index contributed by atoms with van der Waals surface area (Å²) in [6.07, 6.45) is 6.87. The standard InChI is InChI=1S/C21H21Cl2NO3S/c22-19-7-5-6-17(21(19)23)10-13-20(25)16-8-11-18(12-9-16)28(26,27)24-14-3-1-2-4-15-24/h5-13H,1-4,14-15H2. The molecule has 0 aromatic heterocycles. The maximum Gasteiger partial charge on any atom is 0.243 e. The summed E-state index contributed by atoms with van der Waals surface area (Å²) >= 11 is 12.1. The SMILES string of the molecule is O=C(C=Cc1cccc(Cl)c1Cl)c1ccc(S(=O)(=O)N2CCCCCC2)cc1. The van der Waals surface area contributed by atoms with Crippen LogP contribution in [-0.2, 0) is 10.0 Å². The Morgan fingerprint density at radius 1 is 0.929 bits per heavy atom. The molecule has 7 heteroatoms. The predicted molar refractivity (Wildman–Crippen MR) is 113 cm³/mol. The van der Waals surface area contributed by atoms with Gasteiger partial charge in [0.1, 0.15) is 0 Å². The van der Waals surface area contributed by atoms with E-state index in [-0.39, 0.29) is 10.7 Å². The van der Waals surface area contributed by atoms with Crippen molar-refractivity contribution in [2.24, 2.45) is 0 Å². The molecule has 4 nitrogen and oxygen atoms in total. The van der Waals surface area contributed by atoms with Gasteiger partial charge in [0.25, 0.3) is 0 Å². The van der Waals surface area contributed by atoms with E-state index >= 15 is 0 Å². The first kappa shape index (κ1) is 21.1. The zero-order valence-corrected chi connectivity index (χ0v) is 17.6. The quantitative estimate of drug-likeness (QED) is 0.461. The van der Waals surface area contributed by atoms with Gasteiger partial charge in [0, 0.05) is 18.7 Å². The first-order valence-corrected chi connectivity index (χ1v) is 11.4. The molecular weight excluding hydrogens is 417 g/mol. The number of hydrogen-bond acceptors (Lipinski definition) is 3. The number of allylic oxidation sites excluding steroid dienone is 1. The fourth-order valence-corrected chi connectivity index (χ4v) is 5.02. The Bertz CT molecular complexity index is 977. The van der Waals surface area contributed by atoms with Gasteiger partial charge in [0.15, 0.2) is 5.78 Å². The molecule has 1 saturated heterocycles. The van der Waals surface area contributed by atoms with Gasteiger partial charge in [-0.2, -0.15) is 4.31 Å². The van der Waals surface area contributed by atoms with Crippen molar-refractivity contribution >= 4 is 45.1 Å². The zero-order chi connectivity index (χ0) is 20.1. The van der Waals surface area contributed by atoms with E-state index in [1.165, 1.54) is 34.6 Å². The topological polar surface area (TPSA) is 54.5 Å². The lowest BCUT2D eigenvalue weighted by atomic mass is 10.1. The van der Waals surface area contributed by atoms with E-state index in [1.54, 1.807) is 24.3 Å². The summed E-state index contributed by atoms with van der Waals surface area (Å²) < 4.78 is 27.1. The molecule has 0 amide bonds. The molecule has 1 fully saturated rings. The maximum absolute atomic E-state index is 12.8. The summed E-state index contributed by atoms with van der Waals surface area (Å²) in [6, 6.07) is 11.2. The summed E-state index contributed by atoms with van der Waals surface area (Å²) in [7, 11) is -3.52. The second-order valence-electron chi connectivity index (χ2n) is 6.68. The lowest BCUT2D eigenvalue weighted by Crippen LogP contribution is -2.31. The van der Waals surface area contributed by atoms with Crippen LogP contribution in [0.4, 0.5) is 0 Å². The third kappa shape index (κ3) is 4.84. The molecule has 0 atom stereocenters. The van der Waals surface area contributed by atoms with Crippen molar-refractivity contribution in [2.75, 3.05) is 13.1 Å². The van der Waals surface area contributed by atoms with Crippen LogP contribution in [0.15, 0.2) is 53.4 Å². The van der Waals surface area contributed by atoms with Gasteiger partial charge in [0.2, 0.25) is 10.0 Å². The highest BCUT2D eigenvalue weighted by Gasteiger charge is 2.25. The van der Waals surface area contributed by atoms with Crippen molar-refractivity contribution < 1.29 is 13.2 Å². The molecule has 0 aliphatic carbocycles. The van der Waals surface area contributed by atoms with Crippen LogP contribution in [0, 0.1) is 0 Å². The molecular formula is C21H21Cl2NO3S. The van der Waals surface area contributed by atoms with E-state index in [4.69, 9.17) is 23.2 Å². The largest absolute Gasteiger partial charge is 0.289 e. The lowest BCUT2D eigenvalue weighted by molar-refractivity contribution is 0.104. The first-order chi connectivity index (χ1) is 13.4. The van der Waals surface area contributed by atoms with Crippen LogP contribution in [0.25, 0.3) is 6.08 Å². The molecule has 1 heterocycles. The molecule has 0 spiro atoms. The molecule has 148 valence electrons. The monoisotopic (exact) mass is 437 g/mol. The van der Waals surface area contributed by atoms with E-state index < -0.39 is 10.0 Å². The number of carbonyl (C=O) groups is 1. The highest BCUT2D eigenvalue weighted by molar-refractivity contribution is 7.89. The lowest BCUT2D eigenvalue weighted by Gasteiger charge is -2.19. The highest BCUT2D eigenvalue weighted by atomic mass is 35.5. The zero-order valence-electron chi connectivity index (χ0n) is 15.3. The van der Waals surface area contributed by atoms with Gasteiger partial charge in [-0.25, -0.2) is 8.42 Å². The van der Waals surface area contributed by atoms with Gasteiger partial charge in [0.05, 0.1) is 14.9 Å². The van der Waals surface area contributed by atoms with Gasteiger partial charge < -0.3 is 0 Å². The molecule has 2 aromatic carbocycles. The average molecular weight is 438 g/mol. The first-order valence-electron chi connectivity index (χ1n) is 9.16. The molecule has 0 saturated carbocycles. The second-order valence-corrected chi connectivity index (χ2v) is 9.41. The van der Waals surface area contributed by atoms with Crippen LogP contribution in [0.5, 0.6) is 0 Å². The molecule has 0 bridgehead atoms. The van der Waals surface area contributed by atoms with Crippen molar-refractivity contribution in [3.8, 4) is 0 Å². The molecule has 0 N–H and O–H groups in total. The Hall–Kier alpha value is -1.66. The van der Waals surface area contributed by atoms with Gasteiger partial charge in [-0.1, -0.05) is 48.2 Å². The molecule has 0 radical (unpaired) electrons. The average Bonchev–Trinajstić information content (AvgIpc) is 2.99. The third-order valence-corrected chi connectivity index (χ3v) is 7.48. The summed E-state index contributed by atoms with van der Waals surface area (Å²) in [5, 5.41) is 0.798. The van der Waals surface area contributed by atoms with Gasteiger partial charge in [-0.15, -0.1) is 0 Å². The maximum atomic E-state index is 12.8. The van der Waals surface area contributed by atoms with Crippen molar-refractivity contribution in [1.29, 1.82) is 0 Å². The minimum atomic E-state index is -3.52. The van der Waals surface area contributed by atoms with Gasteiger partial charge >= 0.3 is 0 Å². The fraction of sp³-hybridized carbons (Fsp3) is 0.286. The van der Waals surface area contributed by atoms with E-state index in [2.05, 4.69) is 0 Å². The molecule has 1 aliphatic heterocycles. The van der Waals surface area contributed by atoms with Crippen LogP contribution in [0.2, 0.25) is 10.0 Å². The second kappa shape index (κ2) is 9.23. The number of benzene rings is 2. The van der Waals surface area contributed by atoms with Gasteiger partial charge in [-0.3, -0.25) is 4.79 Å². The van der Waals surface area contributed by atoms with Crippen LogP contribution >= 0.6 is 23.2 Å². The highest BCUT2D eigenvalue weighted by Crippen LogP contribution is 2.26. The van der Waals surface area contributed by atoms with E-state index in [0.717, 1.165) is 25.7 Å². The van der Waals surface area contributed by atoms with Crippen LogP contribution in [0.3, 0.4) is 0 Å². The van der Waals surface area contributed by atoms with E-state index in [0.29, 0.717) is 34.3 Å². The minimum absolute atomic E-state index is 0.216. The molecule has 28 heavy (non-hydrogen) atoms. The summed E-state index contributed by atoms with van der Waals surface area (Å²) in [6.45, 7) is 1.10. The number of carbonyl (C=O) groups excluding carboxylic acids is 1. The third-order valence-electron chi connectivity index (χ3n) is 4.74.